The minimum atomic E-state index is -0.0259. The zero-order chi connectivity index (χ0) is 16.5. The van der Waals surface area contributed by atoms with Gasteiger partial charge in [0.1, 0.15) is 0 Å². The Morgan fingerprint density at radius 1 is 0.833 bits per heavy atom. The number of nitrogens with zero attached hydrogens (tertiary/aromatic N) is 2. The lowest BCUT2D eigenvalue weighted by Gasteiger charge is -2.15. The van der Waals surface area contributed by atoms with Crippen LogP contribution in [0.2, 0.25) is 0 Å². The highest BCUT2D eigenvalue weighted by atomic mass is 16.1. The van der Waals surface area contributed by atoms with Gasteiger partial charge in [-0.1, -0.05) is 42.5 Å². The van der Waals surface area contributed by atoms with Crippen LogP contribution in [0, 0.1) is 11.3 Å². The topological polar surface area (TPSA) is 45.8 Å². The fourth-order valence-electron chi connectivity index (χ4n) is 3.14. The Morgan fingerprint density at radius 3 is 2.33 bits per heavy atom. The van der Waals surface area contributed by atoms with Crippen LogP contribution in [0.1, 0.15) is 11.1 Å². The van der Waals surface area contributed by atoms with E-state index >= 15 is 0 Å². The molecule has 4 aromatic rings. The zero-order valence-electron chi connectivity index (χ0n) is 12.9. The molecule has 0 unspecified atom stereocenters. The van der Waals surface area contributed by atoms with Gasteiger partial charge in [0.25, 0.3) is 0 Å². The van der Waals surface area contributed by atoms with Crippen LogP contribution in [0.4, 0.5) is 0 Å². The second kappa shape index (κ2) is 5.68. The number of para-hydroxylation sites is 1. The molecule has 0 amide bonds. The van der Waals surface area contributed by atoms with Gasteiger partial charge >= 0.3 is 0 Å². The van der Waals surface area contributed by atoms with Gasteiger partial charge in [0.2, 0.25) is 0 Å². The number of hydrogen-bond donors (Lipinski definition) is 0. The lowest BCUT2D eigenvalue weighted by atomic mass is 10.1. The van der Waals surface area contributed by atoms with Crippen molar-refractivity contribution >= 4 is 21.8 Å². The summed E-state index contributed by atoms with van der Waals surface area (Å²) in [4.78, 5) is 12.8. The summed E-state index contributed by atoms with van der Waals surface area (Å²) in [6.45, 7) is 0.671. The molecule has 0 saturated heterocycles. The van der Waals surface area contributed by atoms with Crippen molar-refractivity contribution in [1.82, 2.24) is 4.57 Å². The number of nitriles is 1. The predicted molar refractivity (Wildman–Crippen MR) is 96.0 cm³/mol. The van der Waals surface area contributed by atoms with E-state index in [0.29, 0.717) is 22.9 Å². The Bertz CT molecular complexity index is 1150. The van der Waals surface area contributed by atoms with E-state index in [4.69, 9.17) is 5.26 Å². The average Bonchev–Trinajstić information content (AvgIpc) is 2.65. The molecule has 3 aromatic carbocycles. The first kappa shape index (κ1) is 14.2. The van der Waals surface area contributed by atoms with Crippen LogP contribution in [-0.4, -0.2) is 4.57 Å². The molecule has 0 aliphatic carbocycles. The van der Waals surface area contributed by atoms with E-state index in [1.54, 1.807) is 12.1 Å². The first-order chi connectivity index (χ1) is 11.8. The second-order valence-corrected chi connectivity index (χ2v) is 5.76. The third-order valence-corrected chi connectivity index (χ3v) is 4.28. The monoisotopic (exact) mass is 310 g/mol. The fraction of sp³-hybridized carbons (Fsp3) is 0.0476. The third-order valence-electron chi connectivity index (χ3n) is 4.28. The molecule has 0 fully saturated rings. The molecular weight excluding hydrogens is 296 g/mol. The number of rotatable bonds is 2. The summed E-state index contributed by atoms with van der Waals surface area (Å²) in [5, 5.41) is 10.4. The molecule has 0 bridgehead atoms. The minimum Gasteiger partial charge on any atom is -0.336 e. The molecule has 0 N–H and O–H groups in total. The lowest BCUT2D eigenvalue weighted by Crippen LogP contribution is -2.12. The molecular formula is C21H14N2O. The molecule has 0 spiro atoms. The van der Waals surface area contributed by atoms with E-state index in [9.17, 15) is 4.79 Å². The number of fused-ring (bicyclic) bond motifs is 2. The largest absolute Gasteiger partial charge is 0.336 e. The molecule has 1 aromatic heterocycles. The SMILES string of the molecule is N#Cc1ccc2c(c1)c(=O)c1ccccc1n2Cc1ccccc1. The Morgan fingerprint density at radius 2 is 1.54 bits per heavy atom. The van der Waals surface area contributed by atoms with E-state index < -0.39 is 0 Å². The molecule has 1 heterocycles. The van der Waals surface area contributed by atoms with Crippen LogP contribution in [0.5, 0.6) is 0 Å². The number of benzene rings is 3. The van der Waals surface area contributed by atoms with Crippen LogP contribution in [0.25, 0.3) is 21.8 Å². The summed E-state index contributed by atoms with van der Waals surface area (Å²) in [6.07, 6.45) is 0. The zero-order valence-corrected chi connectivity index (χ0v) is 12.9. The normalized spacial score (nSPS) is 10.8. The highest BCUT2D eigenvalue weighted by Gasteiger charge is 2.11. The maximum absolute atomic E-state index is 12.8. The summed E-state index contributed by atoms with van der Waals surface area (Å²) in [6, 6.07) is 25.2. The van der Waals surface area contributed by atoms with Gasteiger partial charge in [-0.15, -0.1) is 0 Å². The van der Waals surface area contributed by atoms with E-state index in [2.05, 4.69) is 22.8 Å². The second-order valence-electron chi connectivity index (χ2n) is 5.76. The standard InChI is InChI=1S/C21H14N2O/c22-13-16-10-11-20-18(12-16)21(24)17-8-4-5-9-19(17)23(20)14-15-6-2-1-3-7-15/h1-12H,14H2. The van der Waals surface area contributed by atoms with Gasteiger partial charge in [-0.3, -0.25) is 4.79 Å². The van der Waals surface area contributed by atoms with Gasteiger partial charge < -0.3 is 4.57 Å². The van der Waals surface area contributed by atoms with Crippen LogP contribution < -0.4 is 5.43 Å². The van der Waals surface area contributed by atoms with Crippen molar-refractivity contribution in [2.45, 2.75) is 6.54 Å². The quantitative estimate of drug-likeness (QED) is 0.524. The Kier molecular flexibility index (Phi) is 3.36. The molecule has 114 valence electrons. The fourth-order valence-corrected chi connectivity index (χ4v) is 3.14. The number of aromatic nitrogens is 1. The highest BCUT2D eigenvalue weighted by Crippen LogP contribution is 2.21. The lowest BCUT2D eigenvalue weighted by molar-refractivity contribution is 0.862. The van der Waals surface area contributed by atoms with Crippen molar-refractivity contribution in [3.63, 3.8) is 0 Å². The number of hydrogen-bond acceptors (Lipinski definition) is 2. The first-order valence-electron chi connectivity index (χ1n) is 7.77. The van der Waals surface area contributed by atoms with Gasteiger partial charge in [-0.25, -0.2) is 0 Å². The maximum Gasteiger partial charge on any atom is 0.197 e. The van der Waals surface area contributed by atoms with E-state index in [-0.39, 0.29) is 5.43 Å². The molecule has 0 saturated carbocycles. The van der Waals surface area contributed by atoms with Crippen molar-refractivity contribution in [3.05, 3.63) is 94.1 Å². The molecule has 0 aliphatic heterocycles. The van der Waals surface area contributed by atoms with Gasteiger partial charge in [-0.2, -0.15) is 5.26 Å². The van der Waals surface area contributed by atoms with Crippen molar-refractivity contribution in [3.8, 4) is 6.07 Å². The highest BCUT2D eigenvalue weighted by molar-refractivity contribution is 5.94. The van der Waals surface area contributed by atoms with Crippen LogP contribution in [0.3, 0.4) is 0 Å². The van der Waals surface area contributed by atoms with Crippen molar-refractivity contribution in [2.24, 2.45) is 0 Å². The maximum atomic E-state index is 12.8. The molecule has 3 heteroatoms. The van der Waals surface area contributed by atoms with E-state index in [1.807, 2.05) is 48.5 Å². The van der Waals surface area contributed by atoms with E-state index in [1.165, 1.54) is 0 Å². The van der Waals surface area contributed by atoms with E-state index in [0.717, 1.165) is 16.6 Å². The van der Waals surface area contributed by atoms with Crippen molar-refractivity contribution < 1.29 is 0 Å². The number of pyridine rings is 1. The average molecular weight is 310 g/mol. The molecule has 4 rings (SSSR count). The van der Waals surface area contributed by atoms with Gasteiger partial charge in [0.15, 0.2) is 5.43 Å². The van der Waals surface area contributed by atoms with Crippen LogP contribution >= 0.6 is 0 Å². The molecule has 24 heavy (non-hydrogen) atoms. The van der Waals surface area contributed by atoms with Crippen LogP contribution in [-0.2, 0) is 6.54 Å². The Labute approximate surface area is 139 Å². The molecule has 3 nitrogen and oxygen atoms in total. The molecule has 0 atom stereocenters. The molecule has 0 radical (unpaired) electrons. The van der Waals surface area contributed by atoms with Crippen LogP contribution in [0.15, 0.2) is 77.6 Å². The smallest absolute Gasteiger partial charge is 0.197 e. The minimum absolute atomic E-state index is 0.0259. The Hall–Kier alpha value is -3.38. The third kappa shape index (κ3) is 2.26. The predicted octanol–water partition coefficient (Wildman–Crippen LogP) is 4.07. The van der Waals surface area contributed by atoms with Gasteiger partial charge in [0, 0.05) is 17.3 Å². The summed E-state index contributed by atoms with van der Waals surface area (Å²) >= 11 is 0. The summed E-state index contributed by atoms with van der Waals surface area (Å²) in [5.74, 6) is 0. The molecule has 0 aliphatic rings. The first-order valence-corrected chi connectivity index (χ1v) is 7.77. The Balaban J connectivity index is 2.10. The van der Waals surface area contributed by atoms with Crippen molar-refractivity contribution in [2.75, 3.05) is 0 Å². The van der Waals surface area contributed by atoms with Gasteiger partial charge in [0.05, 0.1) is 22.7 Å². The van der Waals surface area contributed by atoms with Crippen molar-refractivity contribution in [1.29, 1.82) is 5.26 Å². The van der Waals surface area contributed by atoms with Gasteiger partial charge in [-0.05, 0) is 35.9 Å². The summed E-state index contributed by atoms with van der Waals surface area (Å²) < 4.78 is 2.14. The summed E-state index contributed by atoms with van der Waals surface area (Å²) in [5.41, 5.74) is 3.39. The summed E-state index contributed by atoms with van der Waals surface area (Å²) in [7, 11) is 0.